The first kappa shape index (κ1) is 41.8. The third-order valence-electron chi connectivity index (χ3n) is 12.8. The first-order chi connectivity index (χ1) is 27.9. The number of hydrogen-bond acceptors (Lipinski definition) is 2. The predicted octanol–water partition coefficient (Wildman–Crippen LogP) is 15.1. The molecule has 6 aromatic rings. The van der Waals surface area contributed by atoms with Gasteiger partial charge in [-0.2, -0.15) is 0 Å². The van der Waals surface area contributed by atoms with Gasteiger partial charge in [0.25, 0.3) is 0 Å². The van der Waals surface area contributed by atoms with E-state index in [-0.39, 0.29) is 23.7 Å². The molecule has 0 amide bonds. The summed E-state index contributed by atoms with van der Waals surface area (Å²) < 4.78 is 0. The fourth-order valence-electron chi connectivity index (χ4n) is 10.1. The number of rotatable bonds is 10. The Morgan fingerprint density at radius 3 is 0.678 bits per heavy atom. The average molecular weight is 779 g/mol. The van der Waals surface area contributed by atoms with Crippen molar-refractivity contribution in [2.45, 2.75) is 121 Å². The molecule has 2 heteroatoms. The maximum Gasteiger partial charge on any atom is 0.0989 e. The molecule has 0 fully saturated rings. The van der Waals surface area contributed by atoms with Crippen molar-refractivity contribution in [1.29, 1.82) is 0 Å². The molecule has 0 aliphatic carbocycles. The van der Waals surface area contributed by atoms with Crippen LogP contribution in [0.15, 0.2) is 109 Å². The Morgan fingerprint density at radius 2 is 0.475 bits per heavy atom. The summed E-state index contributed by atoms with van der Waals surface area (Å²) in [6, 6.07) is 38.1. The first-order valence-corrected chi connectivity index (χ1v) is 21.8. The Labute approximate surface area is 356 Å². The molecule has 59 heavy (non-hydrogen) atoms. The molecule has 1 aliphatic heterocycles. The van der Waals surface area contributed by atoms with Crippen LogP contribution in [0.4, 0.5) is 11.4 Å². The van der Waals surface area contributed by atoms with Gasteiger partial charge in [-0.25, -0.2) is 0 Å². The molecule has 0 N–H and O–H groups in total. The van der Waals surface area contributed by atoms with E-state index in [1.165, 1.54) is 112 Å². The van der Waals surface area contributed by atoms with Crippen LogP contribution in [0, 0.1) is 69.2 Å². The molecule has 0 bridgehead atoms. The molecule has 0 saturated heterocycles. The fraction of sp³-hybridized carbons (Fsp3) is 0.333. The van der Waals surface area contributed by atoms with Crippen molar-refractivity contribution in [2.75, 3.05) is 16.5 Å². The predicted molar refractivity (Wildman–Crippen MR) is 255 cm³/mol. The smallest absolute Gasteiger partial charge is 0.0989 e. The number of nitrogens with zero attached hydrogens (tertiary/aromatic N) is 2. The van der Waals surface area contributed by atoms with Crippen LogP contribution in [0.1, 0.15) is 152 Å². The quantitative estimate of drug-likeness (QED) is 0.137. The molecule has 4 atom stereocenters. The van der Waals surface area contributed by atoms with Gasteiger partial charge in [0.2, 0.25) is 0 Å². The van der Waals surface area contributed by atoms with E-state index < -0.39 is 0 Å². The topological polar surface area (TPSA) is 6.48 Å². The highest BCUT2D eigenvalue weighted by Crippen LogP contribution is 2.46. The summed E-state index contributed by atoms with van der Waals surface area (Å²) in [4.78, 5) is 5.11. The molecule has 0 unspecified atom stereocenters. The van der Waals surface area contributed by atoms with E-state index in [4.69, 9.17) is 0 Å². The van der Waals surface area contributed by atoms with Crippen molar-refractivity contribution < 1.29 is 0 Å². The van der Waals surface area contributed by atoms with Crippen molar-refractivity contribution in [1.82, 2.24) is 0 Å². The molecule has 304 valence electrons. The minimum Gasteiger partial charge on any atom is -0.327 e. The zero-order valence-corrected chi connectivity index (χ0v) is 38.3. The number of benzene rings is 6. The van der Waals surface area contributed by atoms with Crippen LogP contribution in [0.5, 0.6) is 0 Å². The van der Waals surface area contributed by atoms with Crippen LogP contribution >= 0.6 is 0 Å². The Hall–Kier alpha value is -5.34. The highest BCUT2D eigenvalue weighted by Gasteiger charge is 2.31. The summed E-state index contributed by atoms with van der Waals surface area (Å²) in [5.41, 5.74) is 26.7. The van der Waals surface area contributed by atoms with E-state index in [0.29, 0.717) is 0 Å². The molecule has 0 spiro atoms. The zero-order valence-electron chi connectivity index (χ0n) is 38.3. The Balaban J connectivity index is 1.42. The Kier molecular flexibility index (Phi) is 11.9. The van der Waals surface area contributed by atoms with E-state index in [0.717, 1.165) is 6.67 Å². The minimum atomic E-state index is 0.204. The van der Waals surface area contributed by atoms with Crippen LogP contribution in [0.25, 0.3) is 0 Å². The van der Waals surface area contributed by atoms with Gasteiger partial charge in [0.15, 0.2) is 0 Å². The second-order valence-electron chi connectivity index (χ2n) is 18.5. The standard InChI is InChI=1S/C57H66N2/c1-34-17-35(2)22-48(21-34)44(11)52-29-42(9)30-53(45(12)49-23-36(3)18-37(4)24-49)56(52)58-15-16-59(33-58)57-54(46(13)50-25-38(5)19-39(6)26-50)31-43(10)32-55(57)47(14)51-27-40(7)20-41(8)28-51/h15-32,44-47H,33H2,1-14H3/t44-,45-,46-,47-/m1/s1. The number of aryl methyl sites for hydroxylation is 10. The average Bonchev–Trinajstić information content (AvgIpc) is 3.64. The van der Waals surface area contributed by atoms with Gasteiger partial charge < -0.3 is 9.80 Å². The van der Waals surface area contributed by atoms with Crippen LogP contribution in [0.3, 0.4) is 0 Å². The third kappa shape index (κ3) is 8.84. The molecule has 0 aromatic heterocycles. The maximum absolute atomic E-state index is 2.55. The van der Waals surface area contributed by atoms with Crippen molar-refractivity contribution in [3.05, 3.63) is 210 Å². The van der Waals surface area contributed by atoms with Crippen LogP contribution in [0.2, 0.25) is 0 Å². The lowest BCUT2D eigenvalue weighted by atomic mass is 9.82. The summed E-state index contributed by atoms with van der Waals surface area (Å²) in [6.07, 6.45) is 4.72. The van der Waals surface area contributed by atoms with Gasteiger partial charge in [-0.3, -0.25) is 0 Å². The van der Waals surface area contributed by atoms with Gasteiger partial charge in [0, 0.05) is 47.4 Å². The summed E-state index contributed by atoms with van der Waals surface area (Å²) in [7, 11) is 0. The SMILES string of the molecule is Cc1cc(C)cc([C@@H](C)c2cc(C)cc([C@H](C)c3cc(C)cc(C)c3)c2N2C=CN(c3c([C@H](C)c4cc(C)cc(C)c4)cc(C)cc3[C@H](C)c3cc(C)cc(C)c3)C2)c1. The molecular formula is C57H66N2. The zero-order chi connectivity index (χ0) is 42.4. The van der Waals surface area contributed by atoms with Gasteiger partial charge in [-0.05, 0) is 114 Å². The highest BCUT2D eigenvalue weighted by molar-refractivity contribution is 5.74. The van der Waals surface area contributed by atoms with Crippen molar-refractivity contribution in [2.24, 2.45) is 0 Å². The third-order valence-corrected chi connectivity index (χ3v) is 12.8. The normalized spacial score (nSPS) is 14.8. The van der Waals surface area contributed by atoms with Crippen molar-refractivity contribution >= 4 is 11.4 Å². The van der Waals surface area contributed by atoms with Crippen molar-refractivity contribution in [3.63, 3.8) is 0 Å². The van der Waals surface area contributed by atoms with Gasteiger partial charge >= 0.3 is 0 Å². The second-order valence-corrected chi connectivity index (χ2v) is 18.5. The van der Waals surface area contributed by atoms with Crippen LogP contribution < -0.4 is 9.80 Å². The van der Waals surface area contributed by atoms with Crippen molar-refractivity contribution in [3.8, 4) is 0 Å². The number of anilines is 2. The van der Waals surface area contributed by atoms with Crippen LogP contribution in [-0.2, 0) is 0 Å². The van der Waals surface area contributed by atoms with Gasteiger partial charge in [-0.1, -0.05) is 180 Å². The monoisotopic (exact) mass is 779 g/mol. The van der Waals surface area contributed by atoms with Gasteiger partial charge in [-0.15, -0.1) is 0 Å². The summed E-state index contributed by atoms with van der Waals surface area (Å²) in [5, 5.41) is 0. The minimum absolute atomic E-state index is 0.204. The lowest BCUT2D eigenvalue weighted by Crippen LogP contribution is -2.29. The van der Waals surface area contributed by atoms with E-state index in [9.17, 15) is 0 Å². The Morgan fingerprint density at radius 1 is 0.288 bits per heavy atom. The lowest BCUT2D eigenvalue weighted by Gasteiger charge is -2.33. The van der Waals surface area contributed by atoms with Gasteiger partial charge in [0.1, 0.15) is 0 Å². The second kappa shape index (κ2) is 16.7. The summed E-state index contributed by atoms with van der Waals surface area (Å²) >= 11 is 0. The first-order valence-electron chi connectivity index (χ1n) is 21.8. The van der Waals surface area contributed by atoms with Gasteiger partial charge in [0.05, 0.1) is 6.67 Å². The maximum atomic E-state index is 2.55. The lowest BCUT2D eigenvalue weighted by molar-refractivity contribution is 0.836. The molecule has 6 aromatic carbocycles. The molecule has 1 heterocycles. The van der Waals surface area contributed by atoms with E-state index in [2.05, 4.69) is 216 Å². The summed E-state index contributed by atoms with van der Waals surface area (Å²) in [5.74, 6) is 0.818. The fourth-order valence-corrected chi connectivity index (χ4v) is 10.1. The molecule has 0 saturated carbocycles. The van der Waals surface area contributed by atoms with E-state index in [1.54, 1.807) is 0 Å². The van der Waals surface area contributed by atoms with E-state index in [1.807, 2.05) is 0 Å². The molecule has 0 radical (unpaired) electrons. The molecule has 1 aliphatic rings. The van der Waals surface area contributed by atoms with E-state index >= 15 is 0 Å². The molecule has 7 rings (SSSR count). The Bertz CT molecular complexity index is 2150. The molecular weight excluding hydrogens is 713 g/mol. The highest BCUT2D eigenvalue weighted by atomic mass is 15.3. The largest absolute Gasteiger partial charge is 0.327 e. The number of hydrogen-bond donors (Lipinski definition) is 0. The molecule has 2 nitrogen and oxygen atoms in total. The van der Waals surface area contributed by atoms with Crippen LogP contribution in [-0.4, -0.2) is 6.67 Å². The summed E-state index contributed by atoms with van der Waals surface area (Å²) in [6.45, 7) is 32.7.